The van der Waals surface area contributed by atoms with Gasteiger partial charge in [-0.3, -0.25) is 9.59 Å². The number of benzene rings is 2. The van der Waals surface area contributed by atoms with Crippen LogP contribution in [0.5, 0.6) is 11.5 Å². The molecule has 25 heavy (non-hydrogen) atoms. The topological polar surface area (TPSA) is 76.7 Å². The Hall–Kier alpha value is -3.02. The maximum atomic E-state index is 12.1. The second-order valence-electron chi connectivity index (χ2n) is 5.45. The summed E-state index contributed by atoms with van der Waals surface area (Å²) in [4.78, 5) is 24.1. The van der Waals surface area contributed by atoms with E-state index < -0.39 is 0 Å². The van der Waals surface area contributed by atoms with Gasteiger partial charge in [-0.1, -0.05) is 18.2 Å². The molecule has 2 amide bonds. The van der Waals surface area contributed by atoms with Crippen LogP contribution in [0.2, 0.25) is 0 Å². The van der Waals surface area contributed by atoms with E-state index in [0.717, 1.165) is 5.56 Å². The zero-order chi connectivity index (χ0) is 18.2. The summed E-state index contributed by atoms with van der Waals surface area (Å²) in [5.74, 6) is 0.750. The van der Waals surface area contributed by atoms with Crippen molar-refractivity contribution < 1.29 is 19.1 Å². The lowest BCUT2D eigenvalue weighted by molar-refractivity contribution is -0.120. The van der Waals surface area contributed by atoms with Crippen LogP contribution in [0, 0.1) is 0 Å². The monoisotopic (exact) mass is 342 g/mol. The van der Waals surface area contributed by atoms with Gasteiger partial charge in [-0.05, 0) is 37.3 Å². The molecule has 0 bridgehead atoms. The predicted octanol–water partition coefficient (Wildman–Crippen LogP) is 2.31. The van der Waals surface area contributed by atoms with Crippen molar-refractivity contribution in [3.8, 4) is 11.5 Å². The van der Waals surface area contributed by atoms with Crippen molar-refractivity contribution in [1.82, 2.24) is 10.6 Å². The van der Waals surface area contributed by atoms with Crippen LogP contribution in [-0.2, 0) is 4.79 Å². The van der Waals surface area contributed by atoms with Gasteiger partial charge in [0.25, 0.3) is 5.91 Å². The molecule has 132 valence electrons. The van der Waals surface area contributed by atoms with Crippen molar-refractivity contribution in [3.05, 3.63) is 59.7 Å². The van der Waals surface area contributed by atoms with E-state index in [1.807, 2.05) is 19.1 Å². The van der Waals surface area contributed by atoms with Gasteiger partial charge in [-0.2, -0.15) is 0 Å². The summed E-state index contributed by atoms with van der Waals surface area (Å²) >= 11 is 0. The van der Waals surface area contributed by atoms with Crippen LogP contribution in [0.1, 0.15) is 28.9 Å². The summed E-state index contributed by atoms with van der Waals surface area (Å²) in [6, 6.07) is 13.8. The molecule has 0 heterocycles. The molecule has 2 aromatic carbocycles. The number of methoxy groups -OCH3 is 2. The molecule has 0 aromatic heterocycles. The third-order valence-corrected chi connectivity index (χ3v) is 3.73. The Morgan fingerprint density at radius 1 is 1.04 bits per heavy atom. The number of carbonyl (C=O) groups excluding carboxylic acids is 2. The van der Waals surface area contributed by atoms with Crippen LogP contribution in [0.3, 0.4) is 0 Å². The van der Waals surface area contributed by atoms with Gasteiger partial charge in [-0.25, -0.2) is 0 Å². The normalized spacial score (nSPS) is 11.3. The van der Waals surface area contributed by atoms with Crippen LogP contribution >= 0.6 is 0 Å². The molecule has 0 radical (unpaired) electrons. The summed E-state index contributed by atoms with van der Waals surface area (Å²) in [5, 5.41) is 5.44. The fourth-order valence-electron chi connectivity index (χ4n) is 2.40. The first kappa shape index (κ1) is 18.3. The minimum atomic E-state index is -0.300. The van der Waals surface area contributed by atoms with E-state index in [4.69, 9.17) is 9.47 Å². The van der Waals surface area contributed by atoms with E-state index in [9.17, 15) is 9.59 Å². The molecule has 2 aromatic rings. The summed E-state index contributed by atoms with van der Waals surface area (Å²) in [6.07, 6.45) is 0. The van der Waals surface area contributed by atoms with Gasteiger partial charge in [0.1, 0.15) is 11.5 Å². The molecule has 2 N–H and O–H groups in total. The van der Waals surface area contributed by atoms with Gasteiger partial charge < -0.3 is 20.1 Å². The van der Waals surface area contributed by atoms with Crippen LogP contribution in [0.15, 0.2) is 48.5 Å². The van der Waals surface area contributed by atoms with E-state index in [-0.39, 0.29) is 24.4 Å². The van der Waals surface area contributed by atoms with Crippen molar-refractivity contribution in [2.75, 3.05) is 20.8 Å². The first-order chi connectivity index (χ1) is 12.0. The minimum absolute atomic E-state index is 0.107. The van der Waals surface area contributed by atoms with Gasteiger partial charge in [0.2, 0.25) is 5.91 Å². The number of hydrogen-bond donors (Lipinski definition) is 2. The zero-order valence-electron chi connectivity index (χ0n) is 14.5. The van der Waals surface area contributed by atoms with E-state index >= 15 is 0 Å². The number of carbonyl (C=O) groups is 2. The quantitative estimate of drug-likeness (QED) is 0.809. The second kappa shape index (κ2) is 8.73. The van der Waals surface area contributed by atoms with Crippen molar-refractivity contribution in [3.63, 3.8) is 0 Å². The fourth-order valence-corrected chi connectivity index (χ4v) is 2.40. The highest BCUT2D eigenvalue weighted by molar-refractivity contribution is 5.96. The summed E-state index contributed by atoms with van der Waals surface area (Å²) < 4.78 is 10.5. The molecule has 2 rings (SSSR count). The van der Waals surface area contributed by atoms with Gasteiger partial charge in [-0.15, -0.1) is 0 Å². The van der Waals surface area contributed by atoms with E-state index in [1.54, 1.807) is 50.6 Å². The first-order valence-electron chi connectivity index (χ1n) is 7.89. The highest BCUT2D eigenvalue weighted by Crippen LogP contribution is 2.29. The molecule has 0 saturated carbocycles. The molecule has 6 nitrogen and oxygen atoms in total. The Bertz CT molecular complexity index is 731. The Morgan fingerprint density at radius 2 is 1.76 bits per heavy atom. The van der Waals surface area contributed by atoms with E-state index in [1.165, 1.54) is 0 Å². The lowest BCUT2D eigenvalue weighted by Crippen LogP contribution is -2.38. The number of rotatable bonds is 7. The van der Waals surface area contributed by atoms with Gasteiger partial charge in [0.15, 0.2) is 0 Å². The standard InChI is InChI=1S/C19H22N2O4/c1-13(16-11-15(24-2)9-10-17(16)25-3)21-18(22)12-20-19(23)14-7-5-4-6-8-14/h4-11,13H,12H2,1-3H3,(H,20,23)(H,21,22)/t13-/m1/s1. The third kappa shape index (κ3) is 4.97. The van der Waals surface area contributed by atoms with Crippen molar-refractivity contribution in [2.45, 2.75) is 13.0 Å². The Kier molecular flexibility index (Phi) is 6.39. The average molecular weight is 342 g/mol. The molecule has 0 aliphatic heterocycles. The molecule has 0 fully saturated rings. The lowest BCUT2D eigenvalue weighted by atomic mass is 10.1. The molecule has 1 atom stereocenters. The molecule has 0 spiro atoms. The van der Waals surface area contributed by atoms with Crippen molar-refractivity contribution in [1.29, 1.82) is 0 Å². The Morgan fingerprint density at radius 3 is 2.40 bits per heavy atom. The van der Waals surface area contributed by atoms with E-state index in [0.29, 0.717) is 17.1 Å². The van der Waals surface area contributed by atoms with Crippen LogP contribution in [0.4, 0.5) is 0 Å². The molecule has 0 aliphatic rings. The average Bonchev–Trinajstić information content (AvgIpc) is 2.66. The number of ether oxygens (including phenoxy) is 2. The molecule has 0 aliphatic carbocycles. The molecular formula is C19H22N2O4. The van der Waals surface area contributed by atoms with Crippen molar-refractivity contribution >= 4 is 11.8 Å². The summed E-state index contributed by atoms with van der Waals surface area (Å²) in [7, 11) is 3.15. The molecular weight excluding hydrogens is 320 g/mol. The Labute approximate surface area is 147 Å². The largest absolute Gasteiger partial charge is 0.497 e. The fraction of sp³-hybridized carbons (Fsp3) is 0.263. The SMILES string of the molecule is COc1ccc(OC)c([C@@H](C)NC(=O)CNC(=O)c2ccccc2)c1. The Balaban J connectivity index is 1.95. The van der Waals surface area contributed by atoms with Crippen LogP contribution in [0.25, 0.3) is 0 Å². The zero-order valence-corrected chi connectivity index (χ0v) is 14.5. The first-order valence-corrected chi connectivity index (χ1v) is 7.89. The predicted molar refractivity (Wildman–Crippen MR) is 94.9 cm³/mol. The highest BCUT2D eigenvalue weighted by atomic mass is 16.5. The van der Waals surface area contributed by atoms with Crippen LogP contribution < -0.4 is 20.1 Å². The minimum Gasteiger partial charge on any atom is -0.497 e. The van der Waals surface area contributed by atoms with E-state index in [2.05, 4.69) is 10.6 Å². The van der Waals surface area contributed by atoms with Gasteiger partial charge in [0, 0.05) is 11.1 Å². The summed E-state index contributed by atoms with van der Waals surface area (Å²) in [5.41, 5.74) is 1.31. The number of amides is 2. The number of nitrogens with one attached hydrogen (secondary N) is 2. The van der Waals surface area contributed by atoms with Crippen molar-refractivity contribution in [2.24, 2.45) is 0 Å². The van der Waals surface area contributed by atoms with Gasteiger partial charge >= 0.3 is 0 Å². The maximum absolute atomic E-state index is 12.1. The highest BCUT2D eigenvalue weighted by Gasteiger charge is 2.16. The second-order valence-corrected chi connectivity index (χ2v) is 5.45. The molecule has 0 saturated heterocycles. The molecule has 6 heteroatoms. The summed E-state index contributed by atoms with van der Waals surface area (Å²) in [6.45, 7) is 1.73. The number of hydrogen-bond acceptors (Lipinski definition) is 4. The lowest BCUT2D eigenvalue weighted by Gasteiger charge is -2.18. The molecule has 0 unspecified atom stereocenters. The maximum Gasteiger partial charge on any atom is 0.251 e. The third-order valence-electron chi connectivity index (χ3n) is 3.73. The smallest absolute Gasteiger partial charge is 0.251 e. The van der Waals surface area contributed by atoms with Gasteiger partial charge in [0.05, 0.1) is 26.8 Å². The van der Waals surface area contributed by atoms with Crippen LogP contribution in [-0.4, -0.2) is 32.6 Å².